The van der Waals surface area contributed by atoms with Gasteiger partial charge in [-0.25, -0.2) is 18.4 Å². The van der Waals surface area contributed by atoms with Gasteiger partial charge in [-0.1, -0.05) is 31.9 Å². The van der Waals surface area contributed by atoms with Crippen molar-refractivity contribution in [3.8, 4) is 5.75 Å². The summed E-state index contributed by atoms with van der Waals surface area (Å²) < 4.78 is 42.2. The Morgan fingerprint density at radius 1 is 1.03 bits per heavy atom. The number of unbranched alkanes of at least 4 members (excludes halogenated alkanes) is 3. The average Bonchev–Trinajstić information content (AvgIpc) is 2.77. The molecule has 1 aromatic carbocycles. The summed E-state index contributed by atoms with van der Waals surface area (Å²) in [7, 11) is 0. The standard InChI is InChI=1S/C25H39F2NO6/c1-4-6-17-34-24(31)28(15-9-7-8-14-25(3,26)27)16-18-33-21-12-10-20(11-13-21)19-22(23(29)30)32-5-2/h10-13,22H,4-9,14-19H2,1-3H3,(H,29,30). The molecular weight excluding hydrogens is 448 g/mol. The molecule has 1 rings (SSSR count). The molecule has 1 atom stereocenters. The van der Waals surface area contributed by atoms with Crippen molar-refractivity contribution in [2.75, 3.05) is 32.9 Å². The molecule has 0 aromatic heterocycles. The highest BCUT2D eigenvalue weighted by molar-refractivity contribution is 5.72. The molecule has 9 heteroatoms. The van der Waals surface area contributed by atoms with Crippen LogP contribution in [0.5, 0.6) is 5.75 Å². The van der Waals surface area contributed by atoms with E-state index in [4.69, 9.17) is 14.2 Å². The van der Waals surface area contributed by atoms with Crippen molar-refractivity contribution >= 4 is 12.1 Å². The summed E-state index contributed by atoms with van der Waals surface area (Å²) in [6.45, 7) is 6.30. The molecule has 0 spiro atoms. The molecular formula is C25H39F2NO6. The first-order chi connectivity index (χ1) is 16.2. The molecule has 0 aliphatic carbocycles. The first-order valence-corrected chi connectivity index (χ1v) is 12.0. The number of aliphatic carboxylic acids is 1. The molecule has 34 heavy (non-hydrogen) atoms. The third-order valence-corrected chi connectivity index (χ3v) is 5.14. The zero-order valence-electron chi connectivity index (χ0n) is 20.6. The highest BCUT2D eigenvalue weighted by Crippen LogP contribution is 2.20. The lowest BCUT2D eigenvalue weighted by Gasteiger charge is -2.22. The van der Waals surface area contributed by atoms with Crippen LogP contribution in [0.3, 0.4) is 0 Å². The van der Waals surface area contributed by atoms with Crippen LogP contribution in [0.2, 0.25) is 0 Å². The average molecular weight is 488 g/mol. The van der Waals surface area contributed by atoms with Crippen LogP contribution in [-0.2, 0) is 20.7 Å². The number of amides is 1. The van der Waals surface area contributed by atoms with E-state index in [1.54, 1.807) is 36.1 Å². The number of carbonyl (C=O) groups excluding carboxylic acids is 1. The molecule has 1 amide bonds. The van der Waals surface area contributed by atoms with Gasteiger partial charge in [0.2, 0.25) is 5.92 Å². The SMILES string of the molecule is CCCCOC(=O)N(CCCCCC(C)(F)F)CCOc1ccc(CC(OCC)C(=O)O)cc1. The fourth-order valence-electron chi connectivity index (χ4n) is 3.23. The fourth-order valence-corrected chi connectivity index (χ4v) is 3.23. The highest BCUT2D eigenvalue weighted by Gasteiger charge is 2.20. The number of carbonyl (C=O) groups is 2. The van der Waals surface area contributed by atoms with Crippen LogP contribution in [-0.4, -0.2) is 67.0 Å². The summed E-state index contributed by atoms with van der Waals surface area (Å²) in [6, 6.07) is 7.05. The molecule has 7 nitrogen and oxygen atoms in total. The monoisotopic (exact) mass is 487 g/mol. The highest BCUT2D eigenvalue weighted by atomic mass is 19.3. The summed E-state index contributed by atoms with van der Waals surface area (Å²) in [5.74, 6) is -3.08. The van der Waals surface area contributed by atoms with Gasteiger partial charge in [-0.2, -0.15) is 0 Å². The van der Waals surface area contributed by atoms with Crippen LogP contribution in [0, 0.1) is 0 Å². The summed E-state index contributed by atoms with van der Waals surface area (Å²) in [5, 5.41) is 9.20. The van der Waals surface area contributed by atoms with Gasteiger partial charge in [0.05, 0.1) is 13.2 Å². The second kappa shape index (κ2) is 16.2. The van der Waals surface area contributed by atoms with E-state index in [9.17, 15) is 23.5 Å². The van der Waals surface area contributed by atoms with Gasteiger partial charge in [0.25, 0.3) is 0 Å². The molecule has 194 valence electrons. The van der Waals surface area contributed by atoms with E-state index in [1.807, 2.05) is 6.92 Å². The lowest BCUT2D eigenvalue weighted by molar-refractivity contribution is -0.149. The summed E-state index contributed by atoms with van der Waals surface area (Å²) in [5.41, 5.74) is 0.812. The number of alkyl halides is 2. The fraction of sp³-hybridized carbons (Fsp3) is 0.680. The van der Waals surface area contributed by atoms with E-state index >= 15 is 0 Å². The normalized spacial score (nSPS) is 12.3. The van der Waals surface area contributed by atoms with Gasteiger partial charge >= 0.3 is 12.1 Å². The van der Waals surface area contributed by atoms with Gasteiger partial charge in [-0.15, -0.1) is 0 Å². The van der Waals surface area contributed by atoms with E-state index < -0.39 is 24.1 Å². The second-order valence-electron chi connectivity index (χ2n) is 8.31. The molecule has 0 aliphatic heterocycles. The molecule has 0 heterocycles. The van der Waals surface area contributed by atoms with Gasteiger partial charge in [0.15, 0.2) is 6.10 Å². The van der Waals surface area contributed by atoms with Crippen LogP contribution in [0.4, 0.5) is 13.6 Å². The predicted octanol–water partition coefficient (Wildman–Crippen LogP) is 5.55. The Labute approximate surface area is 201 Å². The second-order valence-corrected chi connectivity index (χ2v) is 8.31. The van der Waals surface area contributed by atoms with E-state index in [2.05, 4.69) is 0 Å². The van der Waals surface area contributed by atoms with Crippen molar-refractivity contribution in [1.82, 2.24) is 4.90 Å². The number of rotatable bonds is 18. The molecule has 0 radical (unpaired) electrons. The van der Waals surface area contributed by atoms with Gasteiger partial charge in [-0.3, -0.25) is 0 Å². The minimum atomic E-state index is -2.67. The quantitative estimate of drug-likeness (QED) is 0.273. The van der Waals surface area contributed by atoms with Crippen molar-refractivity contribution < 1.29 is 37.7 Å². The molecule has 1 aromatic rings. The predicted molar refractivity (Wildman–Crippen MR) is 126 cm³/mol. The molecule has 0 fully saturated rings. The number of hydrogen-bond donors (Lipinski definition) is 1. The number of benzene rings is 1. The number of hydrogen-bond acceptors (Lipinski definition) is 5. The van der Waals surface area contributed by atoms with Crippen LogP contribution < -0.4 is 4.74 Å². The van der Waals surface area contributed by atoms with E-state index in [0.717, 1.165) is 25.3 Å². The maximum Gasteiger partial charge on any atom is 0.409 e. The third-order valence-electron chi connectivity index (χ3n) is 5.14. The van der Waals surface area contributed by atoms with E-state index in [0.29, 0.717) is 51.3 Å². The van der Waals surface area contributed by atoms with Crippen LogP contribution in [0.1, 0.15) is 64.9 Å². The smallest absolute Gasteiger partial charge is 0.409 e. The van der Waals surface area contributed by atoms with Gasteiger partial charge in [-0.05, 0) is 50.8 Å². The van der Waals surface area contributed by atoms with Crippen LogP contribution in [0.15, 0.2) is 24.3 Å². The van der Waals surface area contributed by atoms with Crippen molar-refractivity contribution in [2.45, 2.75) is 77.7 Å². The zero-order chi connectivity index (χ0) is 25.4. The number of ether oxygens (including phenoxy) is 3. The summed E-state index contributed by atoms with van der Waals surface area (Å²) in [6.07, 6.45) is 2.07. The first kappa shape index (κ1) is 29.6. The maximum atomic E-state index is 13.0. The van der Waals surface area contributed by atoms with Crippen molar-refractivity contribution in [1.29, 1.82) is 0 Å². The lowest BCUT2D eigenvalue weighted by Crippen LogP contribution is -2.36. The summed E-state index contributed by atoms with van der Waals surface area (Å²) >= 11 is 0. The molecule has 0 aliphatic rings. The van der Waals surface area contributed by atoms with Crippen LogP contribution >= 0.6 is 0 Å². The zero-order valence-corrected chi connectivity index (χ0v) is 20.6. The van der Waals surface area contributed by atoms with Gasteiger partial charge in [0, 0.05) is 26.0 Å². The summed E-state index contributed by atoms with van der Waals surface area (Å²) in [4.78, 5) is 25.2. The molecule has 0 saturated heterocycles. The van der Waals surface area contributed by atoms with Gasteiger partial charge < -0.3 is 24.2 Å². The van der Waals surface area contributed by atoms with E-state index in [-0.39, 0.29) is 19.4 Å². The Morgan fingerprint density at radius 2 is 1.74 bits per heavy atom. The topological polar surface area (TPSA) is 85.3 Å². The molecule has 1 unspecified atom stereocenters. The Balaban J connectivity index is 2.53. The van der Waals surface area contributed by atoms with Crippen molar-refractivity contribution in [2.24, 2.45) is 0 Å². The number of halogens is 2. The largest absolute Gasteiger partial charge is 0.492 e. The minimum Gasteiger partial charge on any atom is -0.492 e. The van der Waals surface area contributed by atoms with Crippen molar-refractivity contribution in [3.63, 3.8) is 0 Å². The molecule has 1 N–H and O–H groups in total. The molecule has 0 saturated carbocycles. The molecule has 0 bridgehead atoms. The number of carboxylic acids is 1. The number of nitrogens with zero attached hydrogens (tertiary/aromatic N) is 1. The lowest BCUT2D eigenvalue weighted by atomic mass is 10.1. The maximum absolute atomic E-state index is 13.0. The minimum absolute atomic E-state index is 0.162. The Kier molecular flexibility index (Phi) is 14.2. The number of carboxylic acid groups (broad SMARTS) is 1. The van der Waals surface area contributed by atoms with Crippen LogP contribution in [0.25, 0.3) is 0 Å². The van der Waals surface area contributed by atoms with Gasteiger partial charge in [0.1, 0.15) is 12.4 Å². The Hall–Kier alpha value is -2.42. The van der Waals surface area contributed by atoms with E-state index in [1.165, 1.54) is 0 Å². The Morgan fingerprint density at radius 3 is 2.32 bits per heavy atom. The third kappa shape index (κ3) is 13.3. The first-order valence-electron chi connectivity index (χ1n) is 12.0. The Bertz CT molecular complexity index is 708. The van der Waals surface area contributed by atoms with Crippen molar-refractivity contribution in [3.05, 3.63) is 29.8 Å².